The highest BCUT2D eigenvalue weighted by Crippen LogP contribution is 2.39. The lowest BCUT2D eigenvalue weighted by atomic mass is 9.92. The number of nitrogens with one attached hydrogen (secondary N) is 1. The molecule has 0 amide bonds. The summed E-state index contributed by atoms with van der Waals surface area (Å²) in [7, 11) is -1.71. The Labute approximate surface area is 170 Å². The van der Waals surface area contributed by atoms with Crippen LogP contribution in [0.25, 0.3) is 11.6 Å². The van der Waals surface area contributed by atoms with Crippen LogP contribution in [0.3, 0.4) is 0 Å². The minimum atomic E-state index is -3.35. The summed E-state index contributed by atoms with van der Waals surface area (Å²) in [4.78, 5) is 0. The number of anilines is 1. The van der Waals surface area contributed by atoms with Crippen LogP contribution in [0.5, 0.6) is 11.5 Å². The molecule has 0 atom stereocenters. The summed E-state index contributed by atoms with van der Waals surface area (Å²) >= 11 is 0. The molecule has 5 nitrogen and oxygen atoms in total. The molecule has 29 heavy (non-hydrogen) atoms. The molecule has 1 aliphatic heterocycles. The van der Waals surface area contributed by atoms with Crippen molar-refractivity contribution in [2.45, 2.75) is 6.61 Å². The van der Waals surface area contributed by atoms with Crippen molar-refractivity contribution in [3.63, 3.8) is 0 Å². The third-order valence-electron chi connectivity index (χ3n) is 4.67. The van der Waals surface area contributed by atoms with Gasteiger partial charge in [0.05, 0.1) is 13.4 Å². The third kappa shape index (κ3) is 4.27. The van der Waals surface area contributed by atoms with Gasteiger partial charge in [0.2, 0.25) is 10.0 Å². The fourth-order valence-corrected chi connectivity index (χ4v) is 3.97. The molecule has 0 aromatic heterocycles. The van der Waals surface area contributed by atoms with Crippen molar-refractivity contribution >= 4 is 27.4 Å². The second kappa shape index (κ2) is 7.64. The van der Waals surface area contributed by atoms with Gasteiger partial charge in [0, 0.05) is 11.3 Å². The second-order valence-electron chi connectivity index (χ2n) is 6.87. The van der Waals surface area contributed by atoms with Gasteiger partial charge in [0.1, 0.15) is 18.1 Å². The monoisotopic (exact) mass is 407 g/mol. The van der Waals surface area contributed by atoms with E-state index in [1.54, 1.807) is 13.2 Å². The van der Waals surface area contributed by atoms with Crippen LogP contribution in [0.1, 0.15) is 22.3 Å². The number of ether oxygens (including phenoxy) is 2. The van der Waals surface area contributed by atoms with E-state index in [4.69, 9.17) is 9.47 Å². The number of hydrogen-bond acceptors (Lipinski definition) is 4. The van der Waals surface area contributed by atoms with Gasteiger partial charge in [-0.25, -0.2) is 8.42 Å². The molecule has 0 saturated heterocycles. The van der Waals surface area contributed by atoms with Crippen molar-refractivity contribution in [3.05, 3.63) is 89.0 Å². The van der Waals surface area contributed by atoms with Crippen molar-refractivity contribution in [2.24, 2.45) is 0 Å². The molecular formula is C23H21NO4S. The summed E-state index contributed by atoms with van der Waals surface area (Å²) in [5.41, 5.74) is 5.46. The van der Waals surface area contributed by atoms with Gasteiger partial charge in [0.25, 0.3) is 0 Å². The Bertz CT molecular complexity index is 1200. The van der Waals surface area contributed by atoms with Crippen molar-refractivity contribution in [1.29, 1.82) is 0 Å². The Morgan fingerprint density at radius 3 is 2.62 bits per heavy atom. The van der Waals surface area contributed by atoms with Crippen LogP contribution >= 0.6 is 0 Å². The summed E-state index contributed by atoms with van der Waals surface area (Å²) in [6.07, 6.45) is 3.18. The van der Waals surface area contributed by atoms with E-state index in [0.717, 1.165) is 45.6 Å². The molecule has 3 aromatic rings. The molecule has 0 unspecified atom stereocenters. The molecule has 0 aliphatic carbocycles. The second-order valence-corrected chi connectivity index (χ2v) is 8.61. The van der Waals surface area contributed by atoms with Crippen LogP contribution in [0.15, 0.2) is 66.7 Å². The Morgan fingerprint density at radius 2 is 1.83 bits per heavy atom. The van der Waals surface area contributed by atoms with Crippen molar-refractivity contribution in [2.75, 3.05) is 18.1 Å². The number of rotatable bonds is 4. The summed E-state index contributed by atoms with van der Waals surface area (Å²) in [6, 6.07) is 21.2. The number of hydrogen-bond donors (Lipinski definition) is 1. The van der Waals surface area contributed by atoms with E-state index in [0.29, 0.717) is 12.3 Å². The highest BCUT2D eigenvalue weighted by molar-refractivity contribution is 7.92. The minimum Gasteiger partial charge on any atom is -0.497 e. The molecule has 0 saturated carbocycles. The lowest BCUT2D eigenvalue weighted by molar-refractivity contribution is 0.306. The van der Waals surface area contributed by atoms with E-state index < -0.39 is 10.0 Å². The maximum absolute atomic E-state index is 11.6. The predicted octanol–water partition coefficient (Wildman–Crippen LogP) is 4.55. The maximum atomic E-state index is 11.6. The zero-order chi connectivity index (χ0) is 20.4. The molecule has 0 fully saturated rings. The standard InChI is InChI=1S/C23H21NO4S/c1-27-19-10-11-23-22(14-19)21(20-9-4-3-7-17(20)15-28-23)13-16-6-5-8-18(12-16)24-29(2,25)26/h3-14,24H,15H2,1-2H3. The highest BCUT2D eigenvalue weighted by Gasteiger charge is 2.20. The van der Waals surface area contributed by atoms with Crippen molar-refractivity contribution in [1.82, 2.24) is 0 Å². The predicted molar refractivity (Wildman–Crippen MR) is 116 cm³/mol. The Balaban J connectivity index is 1.89. The van der Waals surface area contributed by atoms with E-state index in [1.165, 1.54) is 0 Å². The Hall–Kier alpha value is -3.25. The van der Waals surface area contributed by atoms with E-state index in [-0.39, 0.29) is 0 Å². The fourth-order valence-electron chi connectivity index (χ4n) is 3.41. The smallest absolute Gasteiger partial charge is 0.229 e. The molecule has 1 heterocycles. The number of fused-ring (bicyclic) bond motifs is 2. The molecule has 1 aliphatic rings. The van der Waals surface area contributed by atoms with E-state index in [1.807, 2.05) is 60.7 Å². The SMILES string of the molecule is COc1ccc2c(c1)C(=Cc1cccc(NS(C)(=O)=O)c1)c1ccccc1CO2. The lowest BCUT2D eigenvalue weighted by Gasteiger charge is -2.13. The third-order valence-corrected chi connectivity index (χ3v) is 5.27. The van der Waals surface area contributed by atoms with Crippen molar-refractivity contribution < 1.29 is 17.9 Å². The van der Waals surface area contributed by atoms with Gasteiger partial charge in [-0.2, -0.15) is 0 Å². The topological polar surface area (TPSA) is 64.6 Å². The molecule has 0 bridgehead atoms. The summed E-state index contributed by atoms with van der Waals surface area (Å²) in [5.74, 6) is 1.52. The van der Waals surface area contributed by atoms with Gasteiger partial charge in [-0.3, -0.25) is 4.72 Å². The Kier molecular flexibility index (Phi) is 5.03. The fraction of sp³-hybridized carbons (Fsp3) is 0.130. The highest BCUT2D eigenvalue weighted by atomic mass is 32.2. The molecule has 1 N–H and O–H groups in total. The largest absolute Gasteiger partial charge is 0.497 e. The number of methoxy groups -OCH3 is 1. The first-order valence-corrected chi connectivity index (χ1v) is 11.0. The van der Waals surface area contributed by atoms with Crippen LogP contribution in [-0.4, -0.2) is 21.8 Å². The first kappa shape index (κ1) is 19.1. The molecular weight excluding hydrogens is 386 g/mol. The van der Waals surface area contributed by atoms with Crippen LogP contribution in [0.2, 0.25) is 0 Å². The van der Waals surface area contributed by atoms with Gasteiger partial charge < -0.3 is 9.47 Å². The zero-order valence-electron chi connectivity index (χ0n) is 16.2. The molecule has 0 spiro atoms. The lowest BCUT2D eigenvalue weighted by Crippen LogP contribution is -2.09. The molecule has 4 rings (SSSR count). The summed E-state index contributed by atoms with van der Waals surface area (Å²) in [5, 5.41) is 0. The average molecular weight is 407 g/mol. The summed E-state index contributed by atoms with van der Waals surface area (Å²) < 4.78 is 37.2. The number of sulfonamides is 1. The molecule has 6 heteroatoms. The van der Waals surface area contributed by atoms with Crippen LogP contribution in [0.4, 0.5) is 5.69 Å². The van der Waals surface area contributed by atoms with Crippen molar-refractivity contribution in [3.8, 4) is 11.5 Å². The minimum absolute atomic E-state index is 0.475. The van der Waals surface area contributed by atoms with Gasteiger partial charge in [0.15, 0.2) is 0 Å². The van der Waals surface area contributed by atoms with Gasteiger partial charge >= 0.3 is 0 Å². The summed E-state index contributed by atoms with van der Waals surface area (Å²) in [6.45, 7) is 0.475. The normalized spacial score (nSPS) is 14.3. The number of benzene rings is 3. The molecule has 0 radical (unpaired) electrons. The first-order valence-electron chi connectivity index (χ1n) is 9.12. The van der Waals surface area contributed by atoms with E-state index in [9.17, 15) is 8.42 Å². The van der Waals surface area contributed by atoms with Crippen LogP contribution in [0, 0.1) is 0 Å². The van der Waals surface area contributed by atoms with Crippen LogP contribution in [-0.2, 0) is 16.6 Å². The quantitative estimate of drug-likeness (QED) is 0.689. The molecule has 3 aromatic carbocycles. The maximum Gasteiger partial charge on any atom is 0.229 e. The van der Waals surface area contributed by atoms with E-state index >= 15 is 0 Å². The van der Waals surface area contributed by atoms with Gasteiger partial charge in [-0.1, -0.05) is 36.4 Å². The molecule has 148 valence electrons. The average Bonchev–Trinajstić information content (AvgIpc) is 2.84. The van der Waals surface area contributed by atoms with Gasteiger partial charge in [-0.15, -0.1) is 0 Å². The Morgan fingerprint density at radius 1 is 1.00 bits per heavy atom. The van der Waals surface area contributed by atoms with Crippen LogP contribution < -0.4 is 14.2 Å². The van der Waals surface area contributed by atoms with Gasteiger partial charge in [-0.05, 0) is 58.7 Å². The van der Waals surface area contributed by atoms with E-state index in [2.05, 4.69) is 10.8 Å². The zero-order valence-corrected chi connectivity index (χ0v) is 17.0. The first-order chi connectivity index (χ1) is 13.9.